The highest BCUT2D eigenvalue weighted by Crippen LogP contribution is 2.33. The van der Waals surface area contributed by atoms with Gasteiger partial charge in [-0.1, -0.05) is 124 Å². The summed E-state index contributed by atoms with van der Waals surface area (Å²) < 4.78 is 0. The monoisotopic (exact) mass is 688 g/mol. The summed E-state index contributed by atoms with van der Waals surface area (Å²) in [5.74, 6) is 0. The Kier molecular flexibility index (Phi) is 13.7. The quantitative estimate of drug-likeness (QED) is 0.0952. The van der Waals surface area contributed by atoms with Crippen LogP contribution in [0.25, 0.3) is 23.3 Å². The smallest absolute Gasteiger partial charge is 0.0366 e. The van der Waals surface area contributed by atoms with Crippen molar-refractivity contribution in [3.63, 3.8) is 0 Å². The highest BCUT2D eigenvalue weighted by atomic mass is 15.1. The highest BCUT2D eigenvalue weighted by Gasteiger charge is 2.13. The molecule has 5 rings (SSSR count). The van der Waals surface area contributed by atoms with Crippen LogP contribution in [0.1, 0.15) is 109 Å². The third-order valence-corrected chi connectivity index (χ3v) is 9.96. The van der Waals surface area contributed by atoms with E-state index < -0.39 is 0 Å². The Bertz CT molecular complexity index is 1790. The minimum atomic E-state index is 1.08. The van der Waals surface area contributed by atoms with E-state index in [2.05, 4.69) is 187 Å². The van der Waals surface area contributed by atoms with Gasteiger partial charge in [-0.2, -0.15) is 0 Å². The van der Waals surface area contributed by atoms with Gasteiger partial charge < -0.3 is 9.80 Å². The summed E-state index contributed by atoms with van der Waals surface area (Å²) >= 11 is 0. The Balaban J connectivity index is 1.53. The molecule has 5 aromatic carbocycles. The van der Waals surface area contributed by atoms with E-state index in [0.29, 0.717) is 0 Å². The zero-order chi connectivity index (χ0) is 37.0. The van der Waals surface area contributed by atoms with E-state index in [1.165, 1.54) is 78.2 Å². The second-order valence-corrected chi connectivity index (χ2v) is 14.5. The van der Waals surface area contributed by atoms with Gasteiger partial charge in [-0.25, -0.2) is 0 Å². The molecule has 0 aliphatic carbocycles. The van der Waals surface area contributed by atoms with Crippen molar-refractivity contribution in [2.75, 3.05) is 36.0 Å². The standard InChI is InChI=1S/C50H60N2/c1-9-29-51(30-10-2)45-23-19-43(20-24-45)49(47-27-13-37(5)33-39(47)7)35-41-15-17-42(18-16-41)36-50(48-28-14-38(6)34-40(48)8)44-21-25-46(26-22-44)52(31-11-3)32-12-4/h13-28,33-36H,9-12,29-32H2,1-8H3/b49-35+,50-36+. The van der Waals surface area contributed by atoms with E-state index in [1.54, 1.807) is 0 Å². The van der Waals surface area contributed by atoms with Gasteiger partial charge in [-0.3, -0.25) is 0 Å². The molecule has 0 N–H and O–H groups in total. The Morgan fingerprint density at radius 1 is 0.423 bits per heavy atom. The molecule has 0 saturated heterocycles. The largest absolute Gasteiger partial charge is 0.372 e. The lowest BCUT2D eigenvalue weighted by Gasteiger charge is -2.24. The maximum atomic E-state index is 2.50. The second-order valence-electron chi connectivity index (χ2n) is 14.5. The fourth-order valence-electron chi connectivity index (χ4n) is 7.41. The van der Waals surface area contributed by atoms with Crippen molar-refractivity contribution >= 4 is 34.7 Å². The van der Waals surface area contributed by atoms with Gasteiger partial charge in [0.1, 0.15) is 0 Å². The van der Waals surface area contributed by atoms with Gasteiger partial charge in [-0.15, -0.1) is 0 Å². The number of nitrogens with zero attached hydrogens (tertiary/aromatic N) is 2. The molecule has 0 bridgehead atoms. The predicted molar refractivity (Wildman–Crippen MR) is 231 cm³/mol. The number of rotatable bonds is 16. The Morgan fingerprint density at radius 3 is 1.04 bits per heavy atom. The lowest BCUT2D eigenvalue weighted by molar-refractivity contribution is 0.745. The molecule has 0 amide bonds. The first-order chi connectivity index (χ1) is 25.2. The normalized spacial score (nSPS) is 11.9. The van der Waals surface area contributed by atoms with E-state index in [4.69, 9.17) is 0 Å². The lowest BCUT2D eigenvalue weighted by Crippen LogP contribution is -2.24. The van der Waals surface area contributed by atoms with E-state index in [9.17, 15) is 0 Å². The van der Waals surface area contributed by atoms with Crippen LogP contribution >= 0.6 is 0 Å². The van der Waals surface area contributed by atoms with Crippen LogP contribution in [-0.4, -0.2) is 26.2 Å². The van der Waals surface area contributed by atoms with Gasteiger partial charge in [0, 0.05) is 37.6 Å². The summed E-state index contributed by atoms with van der Waals surface area (Å²) in [6.07, 6.45) is 9.31. The lowest BCUT2D eigenvalue weighted by atomic mass is 9.90. The molecular formula is C50H60N2. The third-order valence-electron chi connectivity index (χ3n) is 9.96. The summed E-state index contributed by atoms with van der Waals surface area (Å²) in [5.41, 5.74) is 17.7. The molecule has 0 aliphatic heterocycles. The third kappa shape index (κ3) is 9.73. The van der Waals surface area contributed by atoms with Crippen LogP contribution in [0.2, 0.25) is 0 Å². The van der Waals surface area contributed by atoms with Crippen molar-refractivity contribution in [3.05, 3.63) is 165 Å². The van der Waals surface area contributed by atoms with Crippen molar-refractivity contribution in [1.82, 2.24) is 0 Å². The molecule has 52 heavy (non-hydrogen) atoms. The van der Waals surface area contributed by atoms with E-state index in [0.717, 1.165) is 51.9 Å². The minimum Gasteiger partial charge on any atom is -0.372 e. The fourth-order valence-corrected chi connectivity index (χ4v) is 7.41. The Hall–Kier alpha value is -4.82. The average Bonchev–Trinajstić information content (AvgIpc) is 3.14. The molecule has 0 spiro atoms. The maximum absolute atomic E-state index is 2.50. The minimum absolute atomic E-state index is 1.08. The summed E-state index contributed by atoms with van der Waals surface area (Å²) in [5, 5.41) is 0. The van der Waals surface area contributed by atoms with Crippen LogP contribution < -0.4 is 9.80 Å². The number of anilines is 2. The van der Waals surface area contributed by atoms with Crippen LogP contribution in [0.5, 0.6) is 0 Å². The molecule has 5 aromatic rings. The zero-order valence-electron chi connectivity index (χ0n) is 33.1. The fraction of sp³-hybridized carbons (Fsp3) is 0.320. The van der Waals surface area contributed by atoms with Crippen LogP contribution in [-0.2, 0) is 0 Å². The first-order valence-corrected chi connectivity index (χ1v) is 19.6. The first kappa shape index (κ1) is 38.4. The van der Waals surface area contributed by atoms with E-state index in [-0.39, 0.29) is 0 Å². The van der Waals surface area contributed by atoms with Gasteiger partial charge in [-0.05, 0) is 145 Å². The number of aryl methyl sites for hydroxylation is 4. The Morgan fingerprint density at radius 2 is 0.750 bits per heavy atom. The molecule has 0 atom stereocenters. The molecule has 0 aromatic heterocycles. The topological polar surface area (TPSA) is 6.48 Å². The molecule has 0 aliphatic rings. The van der Waals surface area contributed by atoms with Crippen molar-refractivity contribution in [2.24, 2.45) is 0 Å². The van der Waals surface area contributed by atoms with Gasteiger partial charge in [0.05, 0.1) is 0 Å². The van der Waals surface area contributed by atoms with Crippen molar-refractivity contribution in [3.8, 4) is 0 Å². The molecule has 270 valence electrons. The van der Waals surface area contributed by atoms with E-state index >= 15 is 0 Å². The second kappa shape index (κ2) is 18.6. The average molecular weight is 689 g/mol. The molecule has 0 fully saturated rings. The predicted octanol–water partition coefficient (Wildman–Crippen LogP) is 13.4. The first-order valence-electron chi connectivity index (χ1n) is 19.6. The van der Waals surface area contributed by atoms with Crippen LogP contribution in [0, 0.1) is 27.7 Å². The van der Waals surface area contributed by atoms with Gasteiger partial charge >= 0.3 is 0 Å². The number of hydrogen-bond donors (Lipinski definition) is 0. The number of benzene rings is 5. The van der Waals surface area contributed by atoms with Gasteiger partial charge in [0.2, 0.25) is 0 Å². The molecule has 0 saturated carbocycles. The molecular weight excluding hydrogens is 629 g/mol. The van der Waals surface area contributed by atoms with E-state index in [1.807, 2.05) is 0 Å². The molecule has 0 unspecified atom stereocenters. The maximum Gasteiger partial charge on any atom is 0.0366 e. The van der Waals surface area contributed by atoms with Gasteiger partial charge in [0.15, 0.2) is 0 Å². The van der Waals surface area contributed by atoms with Gasteiger partial charge in [0.25, 0.3) is 0 Å². The summed E-state index contributed by atoms with van der Waals surface area (Å²) in [7, 11) is 0. The molecule has 0 radical (unpaired) electrons. The molecule has 0 heterocycles. The summed E-state index contributed by atoms with van der Waals surface area (Å²) in [6, 6.07) is 41.1. The Labute approximate surface area is 315 Å². The SMILES string of the molecule is CCCN(CCC)c1ccc(/C(=C\c2ccc(/C=C(\c3ccc(N(CCC)CCC)cc3)c3ccc(C)cc3C)cc2)c2ccc(C)cc2C)cc1. The summed E-state index contributed by atoms with van der Waals surface area (Å²) in [6.45, 7) is 22.2. The number of hydrogen-bond acceptors (Lipinski definition) is 2. The zero-order valence-corrected chi connectivity index (χ0v) is 33.1. The summed E-state index contributed by atoms with van der Waals surface area (Å²) in [4.78, 5) is 5.01. The van der Waals surface area contributed by atoms with Crippen LogP contribution in [0.3, 0.4) is 0 Å². The van der Waals surface area contributed by atoms with Crippen molar-refractivity contribution in [1.29, 1.82) is 0 Å². The van der Waals surface area contributed by atoms with Crippen LogP contribution in [0.4, 0.5) is 11.4 Å². The molecule has 2 nitrogen and oxygen atoms in total. The highest BCUT2D eigenvalue weighted by molar-refractivity contribution is 5.94. The van der Waals surface area contributed by atoms with Crippen molar-refractivity contribution < 1.29 is 0 Å². The van der Waals surface area contributed by atoms with Crippen LogP contribution in [0.15, 0.2) is 109 Å². The van der Waals surface area contributed by atoms with Crippen molar-refractivity contribution in [2.45, 2.75) is 81.1 Å². The molecule has 2 heteroatoms.